The van der Waals surface area contributed by atoms with Gasteiger partial charge in [0.25, 0.3) is 0 Å². The highest BCUT2D eigenvalue weighted by Crippen LogP contribution is 2.26. The summed E-state index contributed by atoms with van der Waals surface area (Å²) in [6.07, 6.45) is -4.83. The summed E-state index contributed by atoms with van der Waals surface area (Å²) < 4.78 is 52.0. The number of rotatable bonds is 5. The molecule has 1 N–H and O–H groups in total. The highest BCUT2D eigenvalue weighted by Gasteiger charge is 2.37. The summed E-state index contributed by atoms with van der Waals surface area (Å²) >= 11 is 0. The first-order valence-electron chi connectivity index (χ1n) is 7.10. The van der Waals surface area contributed by atoms with E-state index in [2.05, 4.69) is 4.99 Å². The molecule has 0 heterocycles. The molecule has 8 heteroatoms. The summed E-state index contributed by atoms with van der Waals surface area (Å²) in [4.78, 5) is 14.8. The molecule has 0 saturated heterocycles. The van der Waals surface area contributed by atoms with E-state index in [1.54, 1.807) is 19.1 Å². The van der Waals surface area contributed by atoms with Crippen molar-refractivity contribution in [3.63, 3.8) is 0 Å². The van der Waals surface area contributed by atoms with Crippen molar-refractivity contribution in [2.45, 2.75) is 18.0 Å². The van der Waals surface area contributed by atoms with Gasteiger partial charge in [-0.25, -0.2) is 9.79 Å². The number of benzene rings is 2. The third-order valence-corrected chi connectivity index (χ3v) is 4.60. The molecule has 0 spiro atoms. The van der Waals surface area contributed by atoms with Gasteiger partial charge in [0.1, 0.15) is 5.71 Å². The minimum atomic E-state index is -4.83. The Morgan fingerprint density at radius 3 is 2.28 bits per heavy atom. The van der Waals surface area contributed by atoms with E-state index >= 15 is 0 Å². The van der Waals surface area contributed by atoms with Gasteiger partial charge in [0.2, 0.25) is 0 Å². The molecule has 0 aromatic heterocycles. The van der Waals surface area contributed by atoms with Gasteiger partial charge in [-0.15, -0.1) is 0 Å². The maximum Gasteiger partial charge on any atom is 0.430 e. The Labute approximate surface area is 144 Å². The Hall–Kier alpha value is -2.48. The molecule has 2 rings (SSSR count). The van der Waals surface area contributed by atoms with Gasteiger partial charge in [-0.1, -0.05) is 29.8 Å². The summed E-state index contributed by atoms with van der Waals surface area (Å²) in [6, 6.07) is 11.4. The Kier molecular flexibility index (Phi) is 5.73. The number of halogens is 3. The fourth-order valence-electron chi connectivity index (χ4n) is 1.97. The molecule has 132 valence electrons. The lowest BCUT2D eigenvalue weighted by Gasteiger charge is -2.11. The fraction of sp³-hybridized carbons (Fsp3) is 0.176. The zero-order valence-corrected chi connectivity index (χ0v) is 13.9. The SMILES string of the molecule is Cc1ccc([S@@](=O)CC(=Nc2ccccc2C(=O)O)C(F)(F)F)cc1. The van der Waals surface area contributed by atoms with E-state index in [0.717, 1.165) is 11.6 Å². The van der Waals surface area contributed by atoms with Crippen LogP contribution in [0.5, 0.6) is 0 Å². The van der Waals surface area contributed by atoms with Crippen molar-refractivity contribution in [3.8, 4) is 0 Å². The van der Waals surface area contributed by atoms with Crippen molar-refractivity contribution >= 4 is 28.2 Å². The maximum atomic E-state index is 13.3. The molecule has 2 aromatic carbocycles. The van der Waals surface area contributed by atoms with Crippen molar-refractivity contribution in [2.75, 3.05) is 5.75 Å². The summed E-state index contributed by atoms with van der Waals surface area (Å²) in [7, 11) is -1.96. The van der Waals surface area contributed by atoms with Crippen LogP contribution in [0.2, 0.25) is 0 Å². The molecule has 0 amide bonds. The number of carboxylic acids is 1. The van der Waals surface area contributed by atoms with E-state index in [4.69, 9.17) is 5.11 Å². The minimum Gasteiger partial charge on any atom is -0.478 e. The largest absolute Gasteiger partial charge is 0.478 e. The van der Waals surface area contributed by atoms with Crippen molar-refractivity contribution in [2.24, 2.45) is 4.99 Å². The van der Waals surface area contributed by atoms with Crippen LogP contribution < -0.4 is 0 Å². The smallest absolute Gasteiger partial charge is 0.430 e. The molecule has 0 aliphatic heterocycles. The number of carbonyl (C=O) groups is 1. The average molecular weight is 369 g/mol. The van der Waals surface area contributed by atoms with E-state index < -0.39 is 34.4 Å². The Bertz CT molecular complexity index is 830. The monoisotopic (exact) mass is 369 g/mol. The molecule has 0 aliphatic rings. The molecule has 4 nitrogen and oxygen atoms in total. The van der Waals surface area contributed by atoms with E-state index in [0.29, 0.717) is 0 Å². The van der Waals surface area contributed by atoms with Crippen molar-refractivity contribution in [1.29, 1.82) is 0 Å². The molecule has 0 saturated carbocycles. The first-order chi connectivity index (χ1) is 11.7. The van der Waals surface area contributed by atoms with Gasteiger partial charge in [0.05, 0.1) is 27.8 Å². The third-order valence-electron chi connectivity index (χ3n) is 3.27. The number of aliphatic imine (C=N–C) groups is 1. The third kappa shape index (κ3) is 4.99. The van der Waals surface area contributed by atoms with Gasteiger partial charge in [-0.2, -0.15) is 13.2 Å². The number of para-hydroxylation sites is 1. The zero-order chi connectivity index (χ0) is 18.6. The topological polar surface area (TPSA) is 66.7 Å². The molecule has 0 bridgehead atoms. The summed E-state index contributed by atoms with van der Waals surface area (Å²) in [5, 5.41) is 9.06. The van der Waals surface area contributed by atoms with Crippen LogP contribution in [0.25, 0.3) is 0 Å². The highest BCUT2D eigenvalue weighted by atomic mass is 32.2. The summed E-state index contributed by atoms with van der Waals surface area (Å²) in [5.41, 5.74) is -1.09. The number of alkyl halides is 3. The first kappa shape index (κ1) is 18.9. The molecule has 2 aromatic rings. The van der Waals surface area contributed by atoms with Crippen molar-refractivity contribution in [3.05, 3.63) is 59.7 Å². The lowest BCUT2D eigenvalue weighted by Crippen LogP contribution is -2.28. The molecule has 0 fully saturated rings. The van der Waals surface area contributed by atoms with Crippen LogP contribution in [0, 0.1) is 6.92 Å². The maximum absolute atomic E-state index is 13.3. The second-order valence-electron chi connectivity index (χ2n) is 5.18. The summed E-state index contributed by atoms with van der Waals surface area (Å²) in [6.45, 7) is 1.80. The van der Waals surface area contributed by atoms with Crippen LogP contribution in [0.15, 0.2) is 58.4 Å². The number of aryl methyl sites for hydroxylation is 1. The number of hydrogen-bond donors (Lipinski definition) is 1. The van der Waals surface area contributed by atoms with Crippen LogP contribution >= 0.6 is 0 Å². The molecule has 1 atom stereocenters. The Morgan fingerprint density at radius 2 is 1.72 bits per heavy atom. The molecule has 0 aliphatic carbocycles. The van der Waals surface area contributed by atoms with Gasteiger partial charge in [0.15, 0.2) is 0 Å². The van der Waals surface area contributed by atoms with Crippen LogP contribution in [0.3, 0.4) is 0 Å². The van der Waals surface area contributed by atoms with E-state index in [-0.39, 0.29) is 16.1 Å². The fourth-order valence-corrected chi connectivity index (χ4v) is 3.06. The molecule has 0 unspecified atom stereocenters. The van der Waals surface area contributed by atoms with Crippen molar-refractivity contribution < 1.29 is 27.3 Å². The number of hydrogen-bond acceptors (Lipinski definition) is 3. The zero-order valence-electron chi connectivity index (χ0n) is 13.1. The van der Waals surface area contributed by atoms with Crippen LogP contribution in [-0.2, 0) is 10.8 Å². The lowest BCUT2D eigenvalue weighted by atomic mass is 10.2. The molecule has 25 heavy (non-hydrogen) atoms. The number of aromatic carboxylic acids is 1. The van der Waals surface area contributed by atoms with Crippen LogP contribution in [0.4, 0.5) is 18.9 Å². The van der Waals surface area contributed by atoms with Crippen LogP contribution in [0.1, 0.15) is 15.9 Å². The second-order valence-corrected chi connectivity index (χ2v) is 6.63. The van der Waals surface area contributed by atoms with E-state index in [1.165, 1.54) is 30.3 Å². The van der Waals surface area contributed by atoms with E-state index in [9.17, 15) is 22.2 Å². The average Bonchev–Trinajstić information content (AvgIpc) is 2.54. The molecule has 0 radical (unpaired) electrons. The van der Waals surface area contributed by atoms with Gasteiger partial charge in [-0.05, 0) is 31.2 Å². The number of carboxylic acid groups (broad SMARTS) is 1. The van der Waals surface area contributed by atoms with Crippen molar-refractivity contribution in [1.82, 2.24) is 0 Å². The Balaban J connectivity index is 2.39. The van der Waals surface area contributed by atoms with Crippen LogP contribution in [-0.4, -0.2) is 32.9 Å². The van der Waals surface area contributed by atoms with Gasteiger partial charge in [0, 0.05) is 4.90 Å². The Morgan fingerprint density at radius 1 is 1.12 bits per heavy atom. The van der Waals surface area contributed by atoms with E-state index in [1.807, 2.05) is 0 Å². The second kappa shape index (κ2) is 7.60. The normalized spacial score (nSPS) is 13.5. The molecular weight excluding hydrogens is 355 g/mol. The first-order valence-corrected chi connectivity index (χ1v) is 8.42. The van der Waals surface area contributed by atoms with Gasteiger partial charge < -0.3 is 5.11 Å². The van der Waals surface area contributed by atoms with Gasteiger partial charge in [-0.3, -0.25) is 4.21 Å². The summed E-state index contributed by atoms with van der Waals surface area (Å²) in [5.74, 6) is -2.25. The standard InChI is InChI=1S/C17H14F3NO3S/c1-11-6-8-12(9-7-11)25(24)10-15(17(18,19)20)21-14-5-3-2-4-13(14)16(22)23/h2-9H,10H2,1H3,(H,22,23)/t25-/m0/s1. The van der Waals surface area contributed by atoms with Gasteiger partial charge >= 0.3 is 12.1 Å². The quantitative estimate of drug-likeness (QED) is 0.806. The highest BCUT2D eigenvalue weighted by molar-refractivity contribution is 7.85. The predicted molar refractivity (Wildman–Crippen MR) is 89.0 cm³/mol. The number of nitrogens with zero attached hydrogens (tertiary/aromatic N) is 1. The minimum absolute atomic E-state index is 0.245. The molecular formula is C17H14F3NO3S. The lowest BCUT2D eigenvalue weighted by molar-refractivity contribution is -0.0589. The predicted octanol–water partition coefficient (Wildman–Crippen LogP) is 4.14.